The van der Waals surface area contributed by atoms with Crippen molar-refractivity contribution in [2.75, 3.05) is 23.1 Å². The number of ether oxygens (including phenoxy) is 1. The number of anilines is 2. The molecule has 4 rings (SSSR count). The van der Waals surface area contributed by atoms with E-state index in [0.717, 1.165) is 22.3 Å². The Morgan fingerprint density at radius 3 is 2.21 bits per heavy atom. The van der Waals surface area contributed by atoms with Crippen LogP contribution in [0.25, 0.3) is 0 Å². The van der Waals surface area contributed by atoms with E-state index >= 15 is 0 Å². The molecule has 1 aliphatic rings. The Morgan fingerprint density at radius 2 is 1.57 bits per heavy atom. The lowest BCUT2D eigenvalue weighted by atomic mass is 9.87. The number of nitrogens with one attached hydrogen (secondary N) is 2. The van der Waals surface area contributed by atoms with Crippen LogP contribution in [0, 0.1) is 33.6 Å². The first-order valence-corrected chi connectivity index (χ1v) is 15.7. The molecule has 0 spiro atoms. The number of hydrogen-bond acceptors (Lipinski definition) is 5. The summed E-state index contributed by atoms with van der Waals surface area (Å²) in [5.74, 6) is -1.38. The Bertz CT molecular complexity index is 1630. The summed E-state index contributed by atoms with van der Waals surface area (Å²) in [6.07, 6.45) is -0.507. The zero-order valence-corrected chi connectivity index (χ0v) is 26.6. The summed E-state index contributed by atoms with van der Waals surface area (Å²) >= 11 is 6.61. The van der Waals surface area contributed by atoms with Gasteiger partial charge in [0.25, 0.3) is 10.0 Å². The second-order valence-corrected chi connectivity index (χ2v) is 14.1. The molecule has 10 heteroatoms. The highest BCUT2D eigenvalue weighted by Crippen LogP contribution is 2.38. The number of halogens is 1. The number of aryl methyl sites for hydroxylation is 4. The molecular weight excluding hydrogens is 574 g/mol. The maximum absolute atomic E-state index is 13.7. The first-order chi connectivity index (χ1) is 19.5. The van der Waals surface area contributed by atoms with E-state index in [2.05, 4.69) is 10.0 Å². The van der Waals surface area contributed by atoms with Gasteiger partial charge in [-0.2, -0.15) is 0 Å². The molecule has 2 N–H and O–H groups in total. The fourth-order valence-corrected chi connectivity index (χ4v) is 6.90. The van der Waals surface area contributed by atoms with Crippen LogP contribution in [0.15, 0.2) is 59.5 Å². The fourth-order valence-electron chi connectivity index (χ4n) is 5.12. The second kappa shape index (κ2) is 12.0. The highest BCUT2D eigenvalue weighted by molar-refractivity contribution is 7.92. The minimum atomic E-state index is -3.95. The van der Waals surface area contributed by atoms with Gasteiger partial charge in [-0.3, -0.25) is 9.52 Å². The van der Waals surface area contributed by atoms with Crippen molar-refractivity contribution in [1.29, 1.82) is 0 Å². The van der Waals surface area contributed by atoms with Crippen molar-refractivity contribution >= 4 is 45.0 Å². The van der Waals surface area contributed by atoms with Crippen LogP contribution in [0.3, 0.4) is 0 Å². The van der Waals surface area contributed by atoms with Crippen LogP contribution in [-0.4, -0.2) is 44.0 Å². The van der Waals surface area contributed by atoms with E-state index in [1.165, 1.54) is 11.0 Å². The van der Waals surface area contributed by atoms with Gasteiger partial charge in [0.05, 0.1) is 16.5 Å². The predicted octanol–water partition coefficient (Wildman–Crippen LogP) is 6.96. The van der Waals surface area contributed by atoms with Gasteiger partial charge in [0.15, 0.2) is 0 Å². The Balaban J connectivity index is 1.61. The van der Waals surface area contributed by atoms with E-state index in [4.69, 9.17) is 16.3 Å². The van der Waals surface area contributed by atoms with E-state index in [1.807, 2.05) is 51.1 Å². The van der Waals surface area contributed by atoms with Gasteiger partial charge in [0, 0.05) is 29.7 Å². The van der Waals surface area contributed by atoms with Crippen molar-refractivity contribution in [3.63, 3.8) is 0 Å². The molecule has 8 nitrogen and oxygen atoms in total. The smallest absolute Gasteiger partial charge is 0.410 e. The predicted molar refractivity (Wildman–Crippen MR) is 167 cm³/mol. The summed E-state index contributed by atoms with van der Waals surface area (Å²) in [5, 5.41) is 3.41. The van der Waals surface area contributed by atoms with Crippen molar-refractivity contribution in [3.05, 3.63) is 87.4 Å². The van der Waals surface area contributed by atoms with Gasteiger partial charge in [-0.1, -0.05) is 47.5 Å². The van der Waals surface area contributed by atoms with Crippen molar-refractivity contribution in [3.8, 4) is 0 Å². The number of likely N-dealkylation sites (tertiary alicyclic amines) is 1. The highest BCUT2D eigenvalue weighted by Gasteiger charge is 2.42. The largest absolute Gasteiger partial charge is 0.444 e. The average Bonchev–Trinajstić information content (AvgIpc) is 3.31. The first-order valence-electron chi connectivity index (χ1n) is 13.8. The molecule has 42 heavy (non-hydrogen) atoms. The maximum Gasteiger partial charge on any atom is 0.410 e. The highest BCUT2D eigenvalue weighted by atomic mass is 35.5. The summed E-state index contributed by atoms with van der Waals surface area (Å²) in [5.41, 5.74) is 4.23. The van der Waals surface area contributed by atoms with E-state index in [1.54, 1.807) is 45.9 Å². The number of carbonyl (C=O) groups excluding carboxylic acids is 2. The third-order valence-electron chi connectivity index (χ3n) is 7.24. The van der Waals surface area contributed by atoms with Crippen LogP contribution >= 0.6 is 11.6 Å². The molecule has 0 aliphatic carbocycles. The van der Waals surface area contributed by atoms with Crippen molar-refractivity contribution in [2.45, 2.75) is 64.9 Å². The monoisotopic (exact) mass is 611 g/mol. The van der Waals surface area contributed by atoms with Crippen LogP contribution in [0.4, 0.5) is 16.2 Å². The molecule has 0 radical (unpaired) electrons. The SMILES string of the molecule is Cc1ccc(NS(=O)(=O)c2cc(NC(=O)C3CN(C(=O)OC(C)(C)C)CC3c3ccc(C)cc3Cl)ccc2C)c(C)c1. The number of sulfonamides is 1. The van der Waals surface area contributed by atoms with Gasteiger partial charge < -0.3 is 15.0 Å². The molecule has 224 valence electrons. The third kappa shape index (κ3) is 7.25. The molecule has 3 aromatic carbocycles. The minimum absolute atomic E-state index is 0.0557. The third-order valence-corrected chi connectivity index (χ3v) is 9.07. The second-order valence-electron chi connectivity index (χ2n) is 12.0. The van der Waals surface area contributed by atoms with Gasteiger partial charge in [-0.25, -0.2) is 13.2 Å². The fraction of sp³-hybridized carbons (Fsp3) is 0.375. The quantitative estimate of drug-likeness (QED) is 0.313. The van der Waals surface area contributed by atoms with Crippen LogP contribution in [-0.2, 0) is 19.6 Å². The lowest BCUT2D eigenvalue weighted by Crippen LogP contribution is -2.36. The molecule has 2 atom stereocenters. The molecular formula is C32H38ClN3O5S. The summed E-state index contributed by atoms with van der Waals surface area (Å²) < 4.78 is 35.0. The topological polar surface area (TPSA) is 105 Å². The number of hydrogen-bond donors (Lipinski definition) is 2. The van der Waals surface area contributed by atoms with Gasteiger partial charge >= 0.3 is 6.09 Å². The molecule has 0 bridgehead atoms. The zero-order chi connectivity index (χ0) is 31.0. The van der Waals surface area contributed by atoms with Gasteiger partial charge in [0.1, 0.15) is 5.60 Å². The van der Waals surface area contributed by atoms with Crippen LogP contribution in [0.5, 0.6) is 0 Å². The van der Waals surface area contributed by atoms with Crippen LogP contribution in [0.2, 0.25) is 5.02 Å². The maximum atomic E-state index is 13.7. The molecule has 1 saturated heterocycles. The first kappa shape index (κ1) is 31.4. The number of rotatable bonds is 6. The van der Waals surface area contributed by atoms with Crippen molar-refractivity contribution < 1.29 is 22.7 Å². The van der Waals surface area contributed by atoms with Crippen molar-refractivity contribution in [2.24, 2.45) is 5.92 Å². The summed E-state index contributed by atoms with van der Waals surface area (Å²) in [4.78, 5) is 28.3. The van der Waals surface area contributed by atoms with Gasteiger partial charge in [-0.05, 0) is 95.0 Å². The van der Waals surface area contributed by atoms with Gasteiger partial charge in [0.2, 0.25) is 5.91 Å². The number of carbonyl (C=O) groups is 2. The molecule has 0 aromatic heterocycles. The van der Waals surface area contributed by atoms with E-state index < -0.39 is 27.6 Å². The van der Waals surface area contributed by atoms with E-state index in [-0.39, 0.29) is 29.8 Å². The number of benzene rings is 3. The molecule has 0 saturated carbocycles. The van der Waals surface area contributed by atoms with E-state index in [9.17, 15) is 18.0 Å². The zero-order valence-electron chi connectivity index (χ0n) is 25.0. The summed E-state index contributed by atoms with van der Waals surface area (Å²) in [6, 6.07) is 15.9. The molecule has 1 fully saturated rings. The van der Waals surface area contributed by atoms with Crippen LogP contribution in [0.1, 0.15) is 54.5 Å². The Morgan fingerprint density at radius 1 is 0.905 bits per heavy atom. The molecule has 1 heterocycles. The van der Waals surface area contributed by atoms with Crippen LogP contribution < -0.4 is 10.0 Å². The standard InChI is InChI=1S/C32H38ClN3O5S/c1-19-9-13-28(22(4)14-19)35-42(39,40)29-16-23(11-10-21(29)3)34-30(37)26-18-36(31(38)41-32(5,6)7)17-25(26)24-12-8-20(2)15-27(24)33/h8-16,25-26,35H,17-18H2,1-7H3,(H,34,37). The lowest BCUT2D eigenvalue weighted by molar-refractivity contribution is -0.119. The molecule has 3 aromatic rings. The lowest BCUT2D eigenvalue weighted by Gasteiger charge is -2.24. The van der Waals surface area contributed by atoms with Crippen molar-refractivity contribution in [1.82, 2.24) is 4.90 Å². The molecule has 2 amide bonds. The Labute approximate surface area is 253 Å². The minimum Gasteiger partial charge on any atom is -0.444 e. The Kier molecular flexibility index (Phi) is 8.94. The number of amides is 2. The summed E-state index contributed by atoms with van der Waals surface area (Å²) in [6.45, 7) is 13.2. The summed E-state index contributed by atoms with van der Waals surface area (Å²) in [7, 11) is -3.95. The normalized spacial score (nSPS) is 17.2. The Hall–Kier alpha value is -3.56. The van der Waals surface area contributed by atoms with E-state index in [0.29, 0.717) is 22.0 Å². The van der Waals surface area contributed by atoms with Gasteiger partial charge in [-0.15, -0.1) is 0 Å². The molecule has 2 unspecified atom stereocenters. The number of nitrogens with zero attached hydrogens (tertiary/aromatic N) is 1. The average molecular weight is 612 g/mol. The molecule has 1 aliphatic heterocycles.